The fourth-order valence-electron chi connectivity index (χ4n) is 4.40. The minimum atomic E-state index is -0.235. The molecule has 0 amide bonds. The second-order valence-corrected chi connectivity index (χ2v) is 6.60. The molecule has 88 valence electrons. The van der Waals surface area contributed by atoms with E-state index in [1.165, 1.54) is 5.57 Å². The van der Waals surface area contributed by atoms with Gasteiger partial charge in [-0.1, -0.05) is 19.4 Å². The van der Waals surface area contributed by atoms with E-state index >= 15 is 0 Å². The van der Waals surface area contributed by atoms with E-state index in [0.29, 0.717) is 18.3 Å². The number of aliphatic hydroxyl groups is 1. The molecule has 0 aromatic carbocycles. The number of aliphatic hydroxyl groups excluding tert-OH is 1. The van der Waals surface area contributed by atoms with Crippen molar-refractivity contribution in [1.29, 1.82) is 0 Å². The van der Waals surface area contributed by atoms with Crippen LogP contribution < -0.4 is 0 Å². The molecule has 5 atom stereocenters. The lowest BCUT2D eigenvalue weighted by atomic mass is 9.63. The highest BCUT2D eigenvalue weighted by Crippen LogP contribution is 2.72. The van der Waals surface area contributed by atoms with Gasteiger partial charge in [-0.05, 0) is 48.5 Å². The van der Waals surface area contributed by atoms with Gasteiger partial charge in [0.2, 0.25) is 0 Å². The smallest absolute Gasteiger partial charge is 0.156 e. The van der Waals surface area contributed by atoms with E-state index < -0.39 is 0 Å². The summed E-state index contributed by atoms with van der Waals surface area (Å²) in [6, 6.07) is 0. The van der Waals surface area contributed by atoms with Crippen molar-refractivity contribution < 1.29 is 9.90 Å². The summed E-state index contributed by atoms with van der Waals surface area (Å²) in [5.41, 5.74) is 1.65. The van der Waals surface area contributed by atoms with E-state index in [1.54, 1.807) is 0 Å². The molecule has 3 rings (SSSR count). The zero-order chi connectivity index (χ0) is 11.7. The second kappa shape index (κ2) is 2.79. The Morgan fingerprint density at radius 3 is 2.75 bits per heavy atom. The average molecular weight is 220 g/mol. The molecule has 3 aliphatic rings. The van der Waals surface area contributed by atoms with Gasteiger partial charge in [-0.25, -0.2) is 0 Å². The third-order valence-electron chi connectivity index (χ3n) is 5.26. The third kappa shape index (κ3) is 1.14. The highest BCUT2D eigenvalue weighted by atomic mass is 16.3. The summed E-state index contributed by atoms with van der Waals surface area (Å²) in [6.45, 7) is 6.38. The van der Waals surface area contributed by atoms with Crippen LogP contribution in [0.15, 0.2) is 11.6 Å². The topological polar surface area (TPSA) is 37.3 Å². The molecule has 1 N–H and O–H groups in total. The number of fused-ring (bicyclic) bond motifs is 3. The lowest BCUT2D eigenvalue weighted by Crippen LogP contribution is -2.36. The molecule has 0 aromatic rings. The molecule has 1 unspecified atom stereocenters. The van der Waals surface area contributed by atoms with Gasteiger partial charge >= 0.3 is 0 Å². The monoisotopic (exact) mass is 220 g/mol. The average Bonchev–Trinajstić information content (AvgIpc) is 2.73. The van der Waals surface area contributed by atoms with Crippen molar-refractivity contribution in [2.24, 2.45) is 22.7 Å². The Bertz CT molecular complexity index is 396. The van der Waals surface area contributed by atoms with Gasteiger partial charge in [0.05, 0.1) is 6.10 Å². The summed E-state index contributed by atoms with van der Waals surface area (Å²) >= 11 is 0. The van der Waals surface area contributed by atoms with E-state index in [1.807, 2.05) is 13.0 Å². The Hall–Kier alpha value is -0.630. The fraction of sp³-hybridized carbons (Fsp3) is 0.786. The fourth-order valence-corrected chi connectivity index (χ4v) is 4.40. The molecule has 0 bridgehead atoms. The minimum Gasteiger partial charge on any atom is -0.393 e. The molecule has 0 aliphatic heterocycles. The van der Waals surface area contributed by atoms with Crippen LogP contribution in [0.1, 0.15) is 40.0 Å². The molecule has 0 aromatic heterocycles. The van der Waals surface area contributed by atoms with Gasteiger partial charge in [0, 0.05) is 6.42 Å². The molecule has 0 heterocycles. The maximum absolute atomic E-state index is 11.7. The summed E-state index contributed by atoms with van der Waals surface area (Å²) < 4.78 is 0. The van der Waals surface area contributed by atoms with Crippen LogP contribution >= 0.6 is 0 Å². The van der Waals surface area contributed by atoms with Gasteiger partial charge in [0.15, 0.2) is 5.78 Å². The van der Waals surface area contributed by atoms with Crippen LogP contribution in [-0.4, -0.2) is 17.0 Å². The zero-order valence-corrected chi connectivity index (χ0v) is 10.3. The van der Waals surface area contributed by atoms with Gasteiger partial charge < -0.3 is 5.11 Å². The molecule has 3 aliphatic carbocycles. The Morgan fingerprint density at radius 2 is 2.12 bits per heavy atom. The van der Waals surface area contributed by atoms with Crippen molar-refractivity contribution in [3.8, 4) is 0 Å². The van der Waals surface area contributed by atoms with Gasteiger partial charge in [-0.2, -0.15) is 0 Å². The number of hydrogen-bond donors (Lipinski definition) is 1. The zero-order valence-electron chi connectivity index (χ0n) is 10.3. The lowest BCUT2D eigenvalue weighted by Gasteiger charge is -2.41. The van der Waals surface area contributed by atoms with E-state index in [4.69, 9.17) is 0 Å². The summed E-state index contributed by atoms with van der Waals surface area (Å²) in [5, 5.41) is 9.88. The summed E-state index contributed by atoms with van der Waals surface area (Å²) in [6.07, 6.45) is 4.48. The first kappa shape index (κ1) is 10.5. The minimum absolute atomic E-state index is 0.0422. The summed E-state index contributed by atoms with van der Waals surface area (Å²) in [7, 11) is 0. The Labute approximate surface area is 96.7 Å². The molecule has 16 heavy (non-hydrogen) atoms. The van der Waals surface area contributed by atoms with Gasteiger partial charge in [0.25, 0.3) is 0 Å². The summed E-state index contributed by atoms with van der Waals surface area (Å²) in [4.78, 5) is 11.7. The molecule has 0 saturated heterocycles. The number of rotatable bonds is 1. The van der Waals surface area contributed by atoms with Crippen LogP contribution in [0.4, 0.5) is 0 Å². The van der Waals surface area contributed by atoms with Crippen LogP contribution in [-0.2, 0) is 4.79 Å². The molecule has 0 spiro atoms. The number of allylic oxidation sites excluding steroid dienone is 2. The van der Waals surface area contributed by atoms with Gasteiger partial charge in [-0.3, -0.25) is 4.79 Å². The first-order valence-electron chi connectivity index (χ1n) is 6.30. The van der Waals surface area contributed by atoms with Crippen molar-refractivity contribution in [2.45, 2.75) is 46.1 Å². The number of hydrogen-bond acceptors (Lipinski definition) is 2. The Morgan fingerprint density at radius 1 is 1.44 bits per heavy atom. The van der Waals surface area contributed by atoms with Crippen molar-refractivity contribution in [2.75, 3.05) is 0 Å². The van der Waals surface area contributed by atoms with Crippen LogP contribution in [0.5, 0.6) is 0 Å². The Balaban J connectivity index is 2.01. The maximum atomic E-state index is 11.7. The Kier molecular flexibility index (Phi) is 1.83. The SMILES string of the molecule is CC(O)[C@H]1C[C@@]2(C)CC(=O)C=C2[C@@]2(C)C[C@@H]12. The van der Waals surface area contributed by atoms with E-state index in [0.717, 1.165) is 12.8 Å². The van der Waals surface area contributed by atoms with Crippen LogP contribution in [0, 0.1) is 22.7 Å². The van der Waals surface area contributed by atoms with E-state index in [2.05, 4.69) is 13.8 Å². The first-order chi connectivity index (χ1) is 7.37. The number of carbonyl (C=O) groups is 1. The first-order valence-corrected chi connectivity index (χ1v) is 6.30. The second-order valence-electron chi connectivity index (χ2n) is 6.60. The van der Waals surface area contributed by atoms with Gasteiger partial charge in [0.1, 0.15) is 0 Å². The quantitative estimate of drug-likeness (QED) is 0.736. The molecule has 0 radical (unpaired) electrons. The van der Waals surface area contributed by atoms with Crippen molar-refractivity contribution in [3.63, 3.8) is 0 Å². The highest BCUT2D eigenvalue weighted by molar-refractivity contribution is 5.95. The van der Waals surface area contributed by atoms with E-state index in [-0.39, 0.29) is 22.7 Å². The normalized spacial score (nSPS) is 51.8. The van der Waals surface area contributed by atoms with Crippen molar-refractivity contribution in [3.05, 3.63) is 11.6 Å². The molecule has 2 nitrogen and oxygen atoms in total. The molecular weight excluding hydrogens is 200 g/mol. The molecular formula is C14H20O2. The maximum Gasteiger partial charge on any atom is 0.156 e. The summed E-state index contributed by atoms with van der Waals surface area (Å²) in [5.74, 6) is 1.28. The largest absolute Gasteiger partial charge is 0.393 e. The molecule has 2 saturated carbocycles. The standard InChI is InChI=1S/C14H20O2/c1-8(15)10-6-13(2)5-9(16)4-12(13)14(3)7-11(10)14/h4,8,10-11,15H,5-7H2,1-3H3/t8?,10-,11+,13-,14+/m1/s1. The van der Waals surface area contributed by atoms with E-state index in [9.17, 15) is 9.90 Å². The third-order valence-corrected chi connectivity index (χ3v) is 5.26. The van der Waals surface area contributed by atoms with Crippen molar-refractivity contribution >= 4 is 5.78 Å². The van der Waals surface area contributed by atoms with Crippen LogP contribution in [0.2, 0.25) is 0 Å². The molecule has 2 heteroatoms. The number of ketones is 1. The van der Waals surface area contributed by atoms with Crippen LogP contribution in [0.25, 0.3) is 0 Å². The highest BCUT2D eigenvalue weighted by Gasteiger charge is 2.65. The predicted octanol–water partition coefficient (Wildman–Crippen LogP) is 2.32. The molecule has 2 fully saturated rings. The number of carbonyl (C=O) groups excluding carboxylic acids is 1. The predicted molar refractivity (Wildman–Crippen MR) is 61.8 cm³/mol. The lowest BCUT2D eigenvalue weighted by molar-refractivity contribution is -0.115. The van der Waals surface area contributed by atoms with Gasteiger partial charge in [-0.15, -0.1) is 0 Å². The van der Waals surface area contributed by atoms with Crippen molar-refractivity contribution in [1.82, 2.24) is 0 Å². The van der Waals surface area contributed by atoms with Crippen LogP contribution in [0.3, 0.4) is 0 Å².